The summed E-state index contributed by atoms with van der Waals surface area (Å²) in [7, 11) is 0. The summed E-state index contributed by atoms with van der Waals surface area (Å²) in [5, 5.41) is 12.3. The van der Waals surface area contributed by atoms with Gasteiger partial charge in [0.15, 0.2) is 5.82 Å². The first-order chi connectivity index (χ1) is 11.7. The predicted octanol–water partition coefficient (Wildman–Crippen LogP) is 4.00. The Morgan fingerprint density at radius 3 is 2.68 bits per heavy atom. The topological polar surface area (TPSA) is 84.3 Å². The highest BCUT2D eigenvalue weighted by atomic mass is 35.5. The SMILES string of the molecule is CCCNc1cc(OC(C)(C)C(=O)O)nc(-c2ccc(Cl)c(F)c2)n1. The van der Waals surface area contributed by atoms with Gasteiger partial charge < -0.3 is 15.2 Å². The number of ether oxygens (including phenoxy) is 1. The van der Waals surface area contributed by atoms with Crippen molar-refractivity contribution in [3.8, 4) is 17.3 Å². The van der Waals surface area contributed by atoms with Gasteiger partial charge in [0.25, 0.3) is 0 Å². The molecule has 8 heteroatoms. The second-order valence-corrected chi connectivity index (χ2v) is 6.30. The molecule has 0 aliphatic heterocycles. The van der Waals surface area contributed by atoms with Crippen molar-refractivity contribution in [3.63, 3.8) is 0 Å². The minimum absolute atomic E-state index is 0.00695. The second-order valence-electron chi connectivity index (χ2n) is 5.89. The summed E-state index contributed by atoms with van der Waals surface area (Å²) in [5.74, 6) is -0.992. The minimum Gasteiger partial charge on any atom is -0.478 e. The first kappa shape index (κ1) is 18.9. The Hall–Kier alpha value is -2.41. The number of aromatic nitrogens is 2. The number of hydrogen-bond donors (Lipinski definition) is 2. The van der Waals surface area contributed by atoms with E-state index >= 15 is 0 Å². The summed E-state index contributed by atoms with van der Waals surface area (Å²) in [6.07, 6.45) is 0.867. The highest BCUT2D eigenvalue weighted by Gasteiger charge is 2.30. The number of anilines is 1. The molecular formula is C17H19ClFN3O3. The maximum Gasteiger partial charge on any atom is 0.347 e. The number of rotatable bonds is 7. The molecule has 1 heterocycles. The van der Waals surface area contributed by atoms with Crippen molar-refractivity contribution in [2.45, 2.75) is 32.8 Å². The molecule has 0 unspecified atom stereocenters. The van der Waals surface area contributed by atoms with Crippen LogP contribution in [0.3, 0.4) is 0 Å². The van der Waals surface area contributed by atoms with E-state index in [0.29, 0.717) is 17.9 Å². The number of hydrogen-bond acceptors (Lipinski definition) is 5. The molecule has 0 bridgehead atoms. The van der Waals surface area contributed by atoms with Gasteiger partial charge in [-0.2, -0.15) is 4.98 Å². The lowest BCUT2D eigenvalue weighted by Crippen LogP contribution is -2.38. The molecule has 2 rings (SSSR count). The molecule has 25 heavy (non-hydrogen) atoms. The van der Waals surface area contributed by atoms with Gasteiger partial charge in [0.1, 0.15) is 11.6 Å². The summed E-state index contributed by atoms with van der Waals surface area (Å²) in [5.41, 5.74) is -1.07. The molecule has 0 saturated heterocycles. The van der Waals surface area contributed by atoms with Gasteiger partial charge in [-0.15, -0.1) is 0 Å². The van der Waals surface area contributed by atoms with Crippen LogP contribution in [-0.2, 0) is 4.79 Å². The third-order valence-corrected chi connectivity index (χ3v) is 3.62. The molecule has 2 N–H and O–H groups in total. The van der Waals surface area contributed by atoms with E-state index in [2.05, 4.69) is 15.3 Å². The molecule has 6 nitrogen and oxygen atoms in total. The first-order valence-corrected chi connectivity index (χ1v) is 8.11. The molecule has 2 aromatic rings. The van der Waals surface area contributed by atoms with E-state index in [4.69, 9.17) is 16.3 Å². The highest BCUT2D eigenvalue weighted by Crippen LogP contribution is 2.26. The van der Waals surface area contributed by atoms with E-state index in [1.54, 1.807) is 6.07 Å². The highest BCUT2D eigenvalue weighted by molar-refractivity contribution is 6.30. The maximum atomic E-state index is 13.7. The first-order valence-electron chi connectivity index (χ1n) is 7.73. The lowest BCUT2D eigenvalue weighted by Gasteiger charge is -2.21. The molecule has 134 valence electrons. The van der Waals surface area contributed by atoms with Gasteiger partial charge in [-0.3, -0.25) is 0 Å². The average Bonchev–Trinajstić information content (AvgIpc) is 2.54. The number of carboxylic acids is 1. The predicted molar refractivity (Wildman–Crippen MR) is 93.6 cm³/mol. The zero-order chi connectivity index (χ0) is 18.6. The van der Waals surface area contributed by atoms with Gasteiger partial charge in [0.05, 0.1) is 5.02 Å². The zero-order valence-electron chi connectivity index (χ0n) is 14.1. The van der Waals surface area contributed by atoms with Crippen LogP contribution in [0.4, 0.5) is 10.2 Å². The van der Waals surface area contributed by atoms with Crippen molar-refractivity contribution < 1.29 is 19.0 Å². The summed E-state index contributed by atoms with van der Waals surface area (Å²) in [6.45, 7) is 5.48. The summed E-state index contributed by atoms with van der Waals surface area (Å²) in [4.78, 5) is 19.8. The van der Waals surface area contributed by atoms with Gasteiger partial charge in [-0.25, -0.2) is 14.2 Å². The Morgan fingerprint density at radius 2 is 2.08 bits per heavy atom. The molecule has 0 aliphatic carbocycles. The monoisotopic (exact) mass is 367 g/mol. The van der Waals surface area contributed by atoms with Crippen LogP contribution in [0.5, 0.6) is 5.88 Å². The molecule has 1 aromatic carbocycles. The molecule has 0 fully saturated rings. The van der Waals surface area contributed by atoms with Gasteiger partial charge in [0.2, 0.25) is 11.5 Å². The molecule has 0 aliphatic rings. The van der Waals surface area contributed by atoms with Crippen LogP contribution in [0, 0.1) is 5.82 Å². The van der Waals surface area contributed by atoms with E-state index in [-0.39, 0.29) is 16.7 Å². The van der Waals surface area contributed by atoms with Crippen molar-refractivity contribution in [1.82, 2.24) is 9.97 Å². The second kappa shape index (κ2) is 7.65. The normalized spacial score (nSPS) is 11.2. The Labute approximate surface area is 150 Å². The quantitative estimate of drug-likeness (QED) is 0.769. The van der Waals surface area contributed by atoms with Crippen LogP contribution in [0.1, 0.15) is 27.2 Å². The van der Waals surface area contributed by atoms with Gasteiger partial charge in [0, 0.05) is 18.2 Å². The van der Waals surface area contributed by atoms with Crippen molar-refractivity contribution in [2.24, 2.45) is 0 Å². The fraction of sp³-hybridized carbons (Fsp3) is 0.353. The summed E-state index contributed by atoms with van der Waals surface area (Å²) >= 11 is 5.70. The number of halogens is 2. The third kappa shape index (κ3) is 4.79. The van der Waals surface area contributed by atoms with E-state index < -0.39 is 17.4 Å². The molecular weight excluding hydrogens is 349 g/mol. The standard InChI is InChI=1S/C17H19ClFN3O3/c1-4-7-20-13-9-14(25-17(2,3)16(23)24)22-15(21-13)10-5-6-11(18)12(19)8-10/h5-6,8-9H,4,7H2,1-3H3,(H,23,24)(H,20,21,22). The van der Waals surface area contributed by atoms with E-state index in [9.17, 15) is 14.3 Å². The van der Waals surface area contributed by atoms with E-state index in [1.807, 2.05) is 6.92 Å². The average molecular weight is 368 g/mol. The van der Waals surface area contributed by atoms with Crippen molar-refractivity contribution in [3.05, 3.63) is 35.1 Å². The minimum atomic E-state index is -1.47. The molecule has 1 aromatic heterocycles. The zero-order valence-corrected chi connectivity index (χ0v) is 14.9. The fourth-order valence-electron chi connectivity index (χ4n) is 1.89. The largest absolute Gasteiger partial charge is 0.478 e. The Kier molecular flexibility index (Phi) is 5.79. The molecule has 0 radical (unpaired) electrons. The number of carbonyl (C=O) groups is 1. The van der Waals surface area contributed by atoms with Crippen LogP contribution < -0.4 is 10.1 Å². The lowest BCUT2D eigenvalue weighted by atomic mass is 10.1. The Bertz CT molecular complexity index is 784. The molecule has 0 amide bonds. The van der Waals surface area contributed by atoms with Crippen LogP contribution in [0.15, 0.2) is 24.3 Å². The number of carboxylic acid groups (broad SMARTS) is 1. The summed E-state index contributed by atoms with van der Waals surface area (Å²) in [6, 6.07) is 5.71. The van der Waals surface area contributed by atoms with Crippen molar-refractivity contribution >= 4 is 23.4 Å². The number of nitrogens with zero attached hydrogens (tertiary/aromatic N) is 2. The summed E-state index contributed by atoms with van der Waals surface area (Å²) < 4.78 is 19.2. The van der Waals surface area contributed by atoms with Gasteiger partial charge in [-0.1, -0.05) is 18.5 Å². The van der Waals surface area contributed by atoms with E-state index in [0.717, 1.165) is 6.42 Å². The van der Waals surface area contributed by atoms with Crippen molar-refractivity contribution in [2.75, 3.05) is 11.9 Å². The van der Waals surface area contributed by atoms with E-state index in [1.165, 1.54) is 32.0 Å². The molecule has 0 atom stereocenters. The molecule has 0 saturated carbocycles. The number of aliphatic carboxylic acids is 1. The van der Waals surface area contributed by atoms with Crippen LogP contribution in [0.25, 0.3) is 11.4 Å². The van der Waals surface area contributed by atoms with Crippen LogP contribution in [0.2, 0.25) is 5.02 Å². The lowest BCUT2D eigenvalue weighted by molar-refractivity contribution is -0.152. The smallest absolute Gasteiger partial charge is 0.347 e. The Morgan fingerprint density at radius 1 is 1.36 bits per heavy atom. The van der Waals surface area contributed by atoms with Crippen LogP contribution in [-0.4, -0.2) is 33.2 Å². The van der Waals surface area contributed by atoms with Crippen LogP contribution >= 0.6 is 11.6 Å². The van der Waals surface area contributed by atoms with Gasteiger partial charge >= 0.3 is 5.97 Å². The number of nitrogens with one attached hydrogen (secondary N) is 1. The maximum absolute atomic E-state index is 13.7. The van der Waals surface area contributed by atoms with Crippen molar-refractivity contribution in [1.29, 1.82) is 0 Å². The fourth-order valence-corrected chi connectivity index (χ4v) is 2.01. The third-order valence-electron chi connectivity index (χ3n) is 3.31. The number of benzene rings is 1. The van der Waals surface area contributed by atoms with Gasteiger partial charge in [-0.05, 0) is 38.5 Å². The molecule has 0 spiro atoms. The Balaban J connectivity index is 2.46.